The standard InChI is InChI=1S/C16H18N4O5/c1-9-4-5-13(12(8-9)16(22)23)17-14(21)6-7-19-11(3)15(20(24)25)10(2)18-19/h4-5,8H,6-7H2,1-3H3,(H,17,21)(H,22,23). The van der Waals surface area contributed by atoms with Gasteiger partial charge in [0.15, 0.2) is 0 Å². The summed E-state index contributed by atoms with van der Waals surface area (Å²) in [4.78, 5) is 33.8. The average Bonchev–Trinajstić information content (AvgIpc) is 2.81. The van der Waals surface area contributed by atoms with Gasteiger partial charge in [0.1, 0.15) is 11.4 Å². The Morgan fingerprint density at radius 3 is 2.56 bits per heavy atom. The van der Waals surface area contributed by atoms with Crippen LogP contribution in [0.3, 0.4) is 0 Å². The molecular weight excluding hydrogens is 328 g/mol. The number of hydrogen-bond donors (Lipinski definition) is 2. The van der Waals surface area contributed by atoms with E-state index in [1.165, 1.54) is 23.7 Å². The van der Waals surface area contributed by atoms with Crippen molar-refractivity contribution in [2.45, 2.75) is 33.7 Å². The molecule has 0 aliphatic carbocycles. The Kier molecular flexibility index (Phi) is 5.16. The van der Waals surface area contributed by atoms with E-state index >= 15 is 0 Å². The van der Waals surface area contributed by atoms with Crippen LogP contribution in [0, 0.1) is 30.9 Å². The number of aromatic carboxylic acids is 1. The topological polar surface area (TPSA) is 127 Å². The number of nitrogens with zero attached hydrogens (tertiary/aromatic N) is 3. The minimum atomic E-state index is -1.13. The van der Waals surface area contributed by atoms with Crippen LogP contribution in [0.25, 0.3) is 0 Å². The van der Waals surface area contributed by atoms with E-state index in [1.807, 2.05) is 0 Å². The highest BCUT2D eigenvalue weighted by atomic mass is 16.6. The summed E-state index contributed by atoms with van der Waals surface area (Å²) < 4.78 is 1.40. The summed E-state index contributed by atoms with van der Waals surface area (Å²) >= 11 is 0. The largest absolute Gasteiger partial charge is 0.478 e. The molecule has 9 nitrogen and oxygen atoms in total. The molecule has 2 N–H and O–H groups in total. The van der Waals surface area contributed by atoms with E-state index in [0.717, 1.165) is 5.56 Å². The van der Waals surface area contributed by atoms with E-state index < -0.39 is 16.8 Å². The van der Waals surface area contributed by atoms with E-state index in [1.54, 1.807) is 19.9 Å². The maximum Gasteiger partial charge on any atom is 0.337 e. The molecule has 0 bridgehead atoms. The summed E-state index contributed by atoms with van der Waals surface area (Å²) in [7, 11) is 0. The Morgan fingerprint density at radius 1 is 1.32 bits per heavy atom. The smallest absolute Gasteiger partial charge is 0.337 e. The summed E-state index contributed by atoms with van der Waals surface area (Å²) in [6, 6.07) is 4.71. The zero-order valence-electron chi connectivity index (χ0n) is 14.1. The second kappa shape index (κ2) is 7.12. The van der Waals surface area contributed by atoms with Crippen LogP contribution in [-0.4, -0.2) is 31.7 Å². The third-order valence-electron chi connectivity index (χ3n) is 3.76. The third kappa shape index (κ3) is 4.00. The number of benzene rings is 1. The van der Waals surface area contributed by atoms with Gasteiger partial charge in [-0.2, -0.15) is 5.10 Å². The zero-order chi connectivity index (χ0) is 18.7. The fraction of sp³-hybridized carbons (Fsp3) is 0.312. The number of aryl methyl sites for hydroxylation is 3. The number of nitro groups is 1. The van der Waals surface area contributed by atoms with Crippen LogP contribution < -0.4 is 5.32 Å². The summed E-state index contributed by atoms with van der Waals surface area (Å²) in [5, 5.41) is 26.8. The van der Waals surface area contributed by atoms with Crippen LogP contribution in [0.4, 0.5) is 11.4 Å². The number of anilines is 1. The molecule has 2 aromatic rings. The first-order chi connectivity index (χ1) is 11.7. The summed E-state index contributed by atoms with van der Waals surface area (Å²) in [6.07, 6.45) is 0.00600. The monoisotopic (exact) mass is 346 g/mol. The molecule has 0 aliphatic heterocycles. The molecule has 0 radical (unpaired) electrons. The number of rotatable bonds is 6. The minimum Gasteiger partial charge on any atom is -0.478 e. The lowest BCUT2D eigenvalue weighted by Gasteiger charge is -2.09. The lowest BCUT2D eigenvalue weighted by atomic mass is 10.1. The third-order valence-corrected chi connectivity index (χ3v) is 3.76. The van der Waals surface area contributed by atoms with Gasteiger partial charge < -0.3 is 10.4 Å². The van der Waals surface area contributed by atoms with Crippen LogP contribution in [0.1, 0.15) is 33.7 Å². The van der Waals surface area contributed by atoms with Gasteiger partial charge in [0, 0.05) is 6.42 Å². The van der Waals surface area contributed by atoms with Gasteiger partial charge in [-0.15, -0.1) is 0 Å². The quantitative estimate of drug-likeness (QED) is 0.611. The Labute approximate surface area is 143 Å². The maximum absolute atomic E-state index is 12.1. The number of carbonyl (C=O) groups is 2. The van der Waals surface area contributed by atoms with Crippen molar-refractivity contribution in [2.75, 3.05) is 5.32 Å². The first-order valence-electron chi connectivity index (χ1n) is 7.53. The van der Waals surface area contributed by atoms with E-state index in [-0.39, 0.29) is 35.6 Å². The molecule has 0 saturated heterocycles. The van der Waals surface area contributed by atoms with Crippen molar-refractivity contribution in [2.24, 2.45) is 0 Å². The zero-order valence-corrected chi connectivity index (χ0v) is 14.1. The summed E-state index contributed by atoms with van der Waals surface area (Å²) in [5.74, 6) is -1.53. The van der Waals surface area contributed by atoms with Crippen molar-refractivity contribution in [1.29, 1.82) is 0 Å². The molecule has 0 spiro atoms. The number of hydrogen-bond acceptors (Lipinski definition) is 5. The highest BCUT2D eigenvalue weighted by Crippen LogP contribution is 2.22. The molecule has 0 atom stereocenters. The van der Waals surface area contributed by atoms with Gasteiger partial charge in [-0.05, 0) is 32.9 Å². The molecule has 1 amide bonds. The highest BCUT2D eigenvalue weighted by Gasteiger charge is 2.22. The second-order valence-electron chi connectivity index (χ2n) is 5.65. The fourth-order valence-electron chi connectivity index (χ4n) is 2.53. The average molecular weight is 346 g/mol. The predicted molar refractivity (Wildman–Crippen MR) is 89.7 cm³/mol. The molecule has 25 heavy (non-hydrogen) atoms. The van der Waals surface area contributed by atoms with Gasteiger partial charge in [-0.3, -0.25) is 19.6 Å². The lowest BCUT2D eigenvalue weighted by Crippen LogP contribution is -2.17. The number of carbonyl (C=O) groups excluding carboxylic acids is 1. The second-order valence-corrected chi connectivity index (χ2v) is 5.65. The molecule has 0 fully saturated rings. The number of amides is 1. The van der Waals surface area contributed by atoms with Crippen LogP contribution in [0.5, 0.6) is 0 Å². The molecule has 0 saturated carbocycles. The van der Waals surface area contributed by atoms with Gasteiger partial charge >= 0.3 is 11.7 Å². The molecule has 9 heteroatoms. The SMILES string of the molecule is Cc1ccc(NC(=O)CCn2nc(C)c([N+](=O)[O-])c2C)c(C(=O)O)c1. The lowest BCUT2D eigenvalue weighted by molar-refractivity contribution is -0.386. The molecule has 1 aromatic heterocycles. The summed E-state index contributed by atoms with van der Waals surface area (Å²) in [5.41, 5.74) is 1.58. The Bertz CT molecular complexity index is 856. The number of nitrogens with one attached hydrogen (secondary N) is 1. The van der Waals surface area contributed by atoms with Crippen molar-refractivity contribution >= 4 is 23.3 Å². The minimum absolute atomic E-state index is 0.00600. The highest BCUT2D eigenvalue weighted by molar-refractivity contribution is 6.00. The molecule has 132 valence electrons. The first-order valence-corrected chi connectivity index (χ1v) is 7.53. The van der Waals surface area contributed by atoms with E-state index in [0.29, 0.717) is 5.69 Å². The van der Waals surface area contributed by atoms with Crippen LogP contribution >= 0.6 is 0 Å². The van der Waals surface area contributed by atoms with Gasteiger partial charge in [0.05, 0.1) is 22.7 Å². The van der Waals surface area contributed by atoms with E-state index in [4.69, 9.17) is 0 Å². The molecule has 1 aromatic carbocycles. The van der Waals surface area contributed by atoms with Gasteiger partial charge in [0.2, 0.25) is 5.91 Å². The van der Waals surface area contributed by atoms with Crippen molar-refractivity contribution < 1.29 is 19.6 Å². The molecular formula is C16H18N4O5. The molecule has 2 rings (SSSR count). The first kappa shape index (κ1) is 18.1. The summed E-state index contributed by atoms with van der Waals surface area (Å²) in [6.45, 7) is 5.01. The molecule has 1 heterocycles. The Balaban J connectivity index is 2.09. The molecule has 0 aliphatic rings. The number of carboxylic acid groups (broad SMARTS) is 1. The fourth-order valence-corrected chi connectivity index (χ4v) is 2.53. The maximum atomic E-state index is 12.1. The van der Waals surface area contributed by atoms with Crippen LogP contribution in [0.2, 0.25) is 0 Å². The normalized spacial score (nSPS) is 10.5. The van der Waals surface area contributed by atoms with Gasteiger partial charge in [-0.25, -0.2) is 4.79 Å². The van der Waals surface area contributed by atoms with Crippen LogP contribution in [0.15, 0.2) is 18.2 Å². The predicted octanol–water partition coefficient (Wildman–Crippen LogP) is 2.44. The van der Waals surface area contributed by atoms with Crippen molar-refractivity contribution in [3.05, 3.63) is 50.8 Å². The van der Waals surface area contributed by atoms with E-state index in [2.05, 4.69) is 10.4 Å². The van der Waals surface area contributed by atoms with Gasteiger partial charge in [0.25, 0.3) is 0 Å². The Morgan fingerprint density at radius 2 is 2.00 bits per heavy atom. The number of aromatic nitrogens is 2. The van der Waals surface area contributed by atoms with Crippen molar-refractivity contribution in [1.82, 2.24) is 9.78 Å². The Hall–Kier alpha value is -3.23. The van der Waals surface area contributed by atoms with Gasteiger partial charge in [-0.1, -0.05) is 11.6 Å². The number of carboxylic acids is 1. The van der Waals surface area contributed by atoms with Crippen molar-refractivity contribution in [3.8, 4) is 0 Å². The molecule has 0 unspecified atom stereocenters. The van der Waals surface area contributed by atoms with Crippen LogP contribution in [-0.2, 0) is 11.3 Å². The van der Waals surface area contributed by atoms with Crippen molar-refractivity contribution in [3.63, 3.8) is 0 Å². The van der Waals surface area contributed by atoms with E-state index in [9.17, 15) is 24.8 Å².